The molecule has 0 saturated carbocycles. The fourth-order valence-electron chi connectivity index (χ4n) is 4.27. The predicted octanol–water partition coefficient (Wildman–Crippen LogP) is 5.46. The minimum Gasteiger partial charge on any atom is -0.326 e. The van der Waals surface area contributed by atoms with Gasteiger partial charge < -0.3 is 10.2 Å². The third kappa shape index (κ3) is 5.77. The molecule has 3 aromatic rings. The van der Waals surface area contributed by atoms with Gasteiger partial charge in [-0.1, -0.05) is 41.5 Å². The molecule has 1 heterocycles. The second kappa shape index (κ2) is 9.86. The number of aryl methyl sites for hydroxylation is 2. The first-order valence-electron chi connectivity index (χ1n) is 11.2. The van der Waals surface area contributed by atoms with Gasteiger partial charge in [0.05, 0.1) is 6.42 Å². The summed E-state index contributed by atoms with van der Waals surface area (Å²) in [6.07, 6.45) is 1.06. The predicted molar refractivity (Wildman–Crippen MR) is 129 cm³/mol. The highest BCUT2D eigenvalue weighted by Crippen LogP contribution is 2.24. The Bertz CT molecular complexity index is 1120. The molecule has 0 radical (unpaired) electrons. The number of benzene rings is 3. The van der Waals surface area contributed by atoms with Gasteiger partial charge in [0.25, 0.3) is 0 Å². The molecule has 0 atom stereocenters. The molecule has 1 fully saturated rings. The summed E-state index contributed by atoms with van der Waals surface area (Å²) < 4.78 is 13.0. The van der Waals surface area contributed by atoms with E-state index < -0.39 is 0 Å². The van der Waals surface area contributed by atoms with Crippen LogP contribution in [0.15, 0.2) is 66.7 Å². The molecule has 4 rings (SSSR count). The van der Waals surface area contributed by atoms with Crippen LogP contribution in [-0.4, -0.2) is 29.9 Å². The molecule has 33 heavy (non-hydrogen) atoms. The summed E-state index contributed by atoms with van der Waals surface area (Å²) in [5.41, 5.74) is 5.74. The number of nitrogens with one attached hydrogen (secondary N) is 1. The number of carbonyl (C=O) groups is 2. The first-order valence-corrected chi connectivity index (χ1v) is 11.2. The third-order valence-electron chi connectivity index (χ3n) is 5.71. The molecule has 1 saturated heterocycles. The minimum atomic E-state index is -0.324. The van der Waals surface area contributed by atoms with Crippen LogP contribution in [0.1, 0.15) is 28.7 Å². The van der Waals surface area contributed by atoms with Gasteiger partial charge in [-0.05, 0) is 67.8 Å². The average molecular weight is 446 g/mol. The van der Waals surface area contributed by atoms with Crippen molar-refractivity contribution in [3.63, 3.8) is 0 Å². The quantitative estimate of drug-likeness (QED) is 0.548. The van der Waals surface area contributed by atoms with Crippen molar-refractivity contribution in [1.29, 1.82) is 0 Å². The van der Waals surface area contributed by atoms with Gasteiger partial charge in [0.1, 0.15) is 5.82 Å². The SMILES string of the molecule is Cc1cc(C)cc(CN2CCCN(c3ccc(NC(=O)Cc4ccc(F)cc4)cc3)C2=O)c1. The smallest absolute Gasteiger partial charge is 0.324 e. The van der Waals surface area contributed by atoms with Crippen LogP contribution in [0.3, 0.4) is 0 Å². The van der Waals surface area contributed by atoms with Gasteiger partial charge in [0.15, 0.2) is 0 Å². The molecule has 170 valence electrons. The second-order valence-corrected chi connectivity index (χ2v) is 8.60. The highest BCUT2D eigenvalue weighted by Gasteiger charge is 2.26. The molecule has 0 bridgehead atoms. The highest BCUT2D eigenvalue weighted by atomic mass is 19.1. The Hall–Kier alpha value is -3.67. The van der Waals surface area contributed by atoms with E-state index in [1.807, 2.05) is 17.0 Å². The Morgan fingerprint density at radius 3 is 2.24 bits per heavy atom. The first-order chi connectivity index (χ1) is 15.9. The van der Waals surface area contributed by atoms with Gasteiger partial charge in [-0.25, -0.2) is 9.18 Å². The monoisotopic (exact) mass is 445 g/mol. The van der Waals surface area contributed by atoms with E-state index in [-0.39, 0.29) is 24.2 Å². The van der Waals surface area contributed by atoms with E-state index in [4.69, 9.17) is 0 Å². The van der Waals surface area contributed by atoms with Crippen molar-refractivity contribution < 1.29 is 14.0 Å². The van der Waals surface area contributed by atoms with E-state index in [0.29, 0.717) is 18.8 Å². The summed E-state index contributed by atoms with van der Waals surface area (Å²) in [7, 11) is 0. The van der Waals surface area contributed by atoms with E-state index in [1.165, 1.54) is 23.3 Å². The lowest BCUT2D eigenvalue weighted by atomic mass is 10.1. The molecule has 1 N–H and O–H groups in total. The van der Waals surface area contributed by atoms with Crippen molar-refractivity contribution >= 4 is 23.3 Å². The largest absolute Gasteiger partial charge is 0.326 e. The average Bonchev–Trinajstić information content (AvgIpc) is 2.77. The lowest BCUT2D eigenvalue weighted by Crippen LogP contribution is -2.49. The normalized spacial score (nSPS) is 13.8. The summed E-state index contributed by atoms with van der Waals surface area (Å²) in [6.45, 7) is 6.13. The van der Waals surface area contributed by atoms with Crippen LogP contribution < -0.4 is 10.2 Å². The van der Waals surface area contributed by atoms with Crippen molar-refractivity contribution in [3.05, 3.63) is 94.8 Å². The van der Waals surface area contributed by atoms with Crippen LogP contribution in [0.5, 0.6) is 0 Å². The van der Waals surface area contributed by atoms with Gasteiger partial charge in [-0.3, -0.25) is 9.69 Å². The van der Waals surface area contributed by atoms with Crippen LogP contribution >= 0.6 is 0 Å². The van der Waals surface area contributed by atoms with Crippen molar-refractivity contribution in [2.24, 2.45) is 0 Å². The van der Waals surface area contributed by atoms with Crippen LogP contribution in [0, 0.1) is 19.7 Å². The van der Waals surface area contributed by atoms with Crippen molar-refractivity contribution in [2.45, 2.75) is 33.2 Å². The third-order valence-corrected chi connectivity index (χ3v) is 5.71. The number of halogens is 1. The zero-order valence-corrected chi connectivity index (χ0v) is 19.0. The van der Waals surface area contributed by atoms with Crippen molar-refractivity contribution in [2.75, 3.05) is 23.3 Å². The molecule has 3 aromatic carbocycles. The number of urea groups is 1. The number of hydrogen-bond acceptors (Lipinski definition) is 2. The Kier molecular flexibility index (Phi) is 6.73. The van der Waals surface area contributed by atoms with E-state index in [2.05, 4.69) is 37.4 Å². The summed E-state index contributed by atoms with van der Waals surface area (Å²) in [6, 6.07) is 19.6. The molecular formula is C27H28FN3O2. The van der Waals surface area contributed by atoms with Crippen molar-refractivity contribution in [1.82, 2.24) is 4.90 Å². The maximum atomic E-state index is 13.1. The van der Waals surface area contributed by atoms with Gasteiger partial charge in [0, 0.05) is 31.0 Å². The lowest BCUT2D eigenvalue weighted by Gasteiger charge is -2.36. The van der Waals surface area contributed by atoms with Crippen molar-refractivity contribution in [3.8, 4) is 0 Å². The number of nitrogens with zero attached hydrogens (tertiary/aromatic N) is 2. The minimum absolute atomic E-state index is 0.00601. The standard InChI is InChI=1S/C27H28FN3O2/c1-19-14-20(2)16-22(15-19)18-30-12-3-13-31(27(30)33)25-10-8-24(9-11-25)29-26(32)17-21-4-6-23(28)7-5-21/h4-11,14-16H,3,12-13,17-18H2,1-2H3,(H,29,32). The van der Waals surface area contributed by atoms with Gasteiger partial charge >= 0.3 is 6.03 Å². The van der Waals surface area contributed by atoms with Crippen LogP contribution in [0.4, 0.5) is 20.6 Å². The highest BCUT2D eigenvalue weighted by molar-refractivity contribution is 5.94. The van der Waals surface area contributed by atoms with Crippen LogP contribution in [-0.2, 0) is 17.8 Å². The lowest BCUT2D eigenvalue weighted by molar-refractivity contribution is -0.115. The van der Waals surface area contributed by atoms with Crippen LogP contribution in [0.2, 0.25) is 0 Å². The molecule has 5 nitrogen and oxygen atoms in total. The molecule has 1 aliphatic rings. The van der Waals surface area contributed by atoms with E-state index >= 15 is 0 Å². The van der Waals surface area contributed by atoms with Gasteiger partial charge in [-0.2, -0.15) is 0 Å². The number of amides is 3. The fraction of sp³-hybridized carbons (Fsp3) is 0.259. The summed E-state index contributed by atoms with van der Waals surface area (Å²) in [5.74, 6) is -0.502. The molecule has 6 heteroatoms. The zero-order valence-electron chi connectivity index (χ0n) is 19.0. The topological polar surface area (TPSA) is 52.6 Å². The molecule has 0 spiro atoms. The fourth-order valence-corrected chi connectivity index (χ4v) is 4.27. The summed E-state index contributed by atoms with van der Waals surface area (Å²) >= 11 is 0. The van der Waals surface area contributed by atoms with Gasteiger partial charge in [-0.15, -0.1) is 0 Å². The Labute approximate surface area is 193 Å². The Morgan fingerprint density at radius 2 is 1.58 bits per heavy atom. The maximum absolute atomic E-state index is 13.1. The van der Waals surface area contributed by atoms with E-state index in [0.717, 1.165) is 29.8 Å². The molecule has 3 amide bonds. The summed E-state index contributed by atoms with van der Waals surface area (Å²) in [4.78, 5) is 29.1. The summed E-state index contributed by atoms with van der Waals surface area (Å²) in [5, 5.41) is 2.85. The zero-order chi connectivity index (χ0) is 23.4. The second-order valence-electron chi connectivity index (χ2n) is 8.60. The Balaban J connectivity index is 1.38. The first kappa shape index (κ1) is 22.5. The molecule has 1 aliphatic heterocycles. The van der Waals surface area contributed by atoms with Crippen LogP contribution in [0.25, 0.3) is 0 Å². The molecular weight excluding hydrogens is 417 g/mol. The Morgan fingerprint density at radius 1 is 0.909 bits per heavy atom. The van der Waals surface area contributed by atoms with Gasteiger partial charge in [0.2, 0.25) is 5.91 Å². The maximum Gasteiger partial charge on any atom is 0.324 e. The molecule has 0 unspecified atom stereocenters. The van der Waals surface area contributed by atoms with E-state index in [1.54, 1.807) is 29.2 Å². The number of anilines is 2. The number of hydrogen-bond donors (Lipinski definition) is 1. The number of carbonyl (C=O) groups excluding carboxylic acids is 2. The molecule has 0 aromatic heterocycles. The number of rotatable bonds is 6. The molecule has 0 aliphatic carbocycles. The van der Waals surface area contributed by atoms with E-state index in [9.17, 15) is 14.0 Å².